The largest absolute Gasteiger partial charge is 0.484 e. The highest BCUT2D eigenvalue weighted by Crippen LogP contribution is 2.44. The van der Waals surface area contributed by atoms with E-state index in [-0.39, 0.29) is 18.6 Å². The molecule has 3 atom stereocenters. The highest BCUT2D eigenvalue weighted by molar-refractivity contribution is 6.31. The van der Waals surface area contributed by atoms with Crippen molar-refractivity contribution in [3.8, 4) is 5.75 Å². The van der Waals surface area contributed by atoms with Crippen LogP contribution in [0, 0.1) is 11.8 Å². The molecule has 0 unspecified atom stereocenters. The summed E-state index contributed by atoms with van der Waals surface area (Å²) in [6.45, 7) is 9.40. The van der Waals surface area contributed by atoms with E-state index < -0.39 is 0 Å². The number of hydrogen-bond donors (Lipinski definition) is 1. The van der Waals surface area contributed by atoms with E-state index in [1.54, 1.807) is 0 Å². The van der Waals surface area contributed by atoms with Gasteiger partial charge in [0.2, 0.25) is 0 Å². The van der Waals surface area contributed by atoms with Gasteiger partial charge >= 0.3 is 0 Å². The maximum Gasteiger partial charge on any atom is 0.262 e. The second-order valence-corrected chi connectivity index (χ2v) is 10.7. The number of carbonyl (C=O) groups is 1. The van der Waals surface area contributed by atoms with Crippen LogP contribution in [-0.2, 0) is 9.53 Å². The Morgan fingerprint density at radius 2 is 1.69 bits per heavy atom. The Labute approximate surface area is 220 Å². The third-order valence-corrected chi connectivity index (χ3v) is 7.41. The Morgan fingerprint density at radius 3 is 2.33 bits per heavy atom. The standard InChI is InChI=1S/C31H36ClNO3/c1-20(2)22-9-13-25(14-10-22)33-30(34)19-35-26-15-11-23(12-16-26)31-28(21(3)4)17-24(18-36-31)27-7-5-6-8-29(27)32/h5-16,20-21,24,28,31H,17-19H2,1-4H3,(H,33,34)/t24-,28-,31-/m0/s1. The van der Waals surface area contributed by atoms with Gasteiger partial charge < -0.3 is 14.8 Å². The van der Waals surface area contributed by atoms with Crippen molar-refractivity contribution >= 4 is 23.2 Å². The average molecular weight is 506 g/mol. The molecule has 1 saturated heterocycles. The molecule has 190 valence electrons. The number of ether oxygens (including phenoxy) is 2. The molecule has 0 radical (unpaired) electrons. The third kappa shape index (κ3) is 6.48. The van der Waals surface area contributed by atoms with Crippen LogP contribution in [0.2, 0.25) is 5.02 Å². The van der Waals surface area contributed by atoms with E-state index in [1.165, 1.54) is 11.1 Å². The maximum absolute atomic E-state index is 12.3. The van der Waals surface area contributed by atoms with Gasteiger partial charge in [0.15, 0.2) is 6.61 Å². The first kappa shape index (κ1) is 26.2. The number of hydrogen-bond acceptors (Lipinski definition) is 3. The van der Waals surface area contributed by atoms with Crippen LogP contribution >= 0.6 is 11.6 Å². The van der Waals surface area contributed by atoms with Gasteiger partial charge in [-0.1, -0.05) is 81.8 Å². The molecule has 4 rings (SSSR count). The maximum atomic E-state index is 12.3. The van der Waals surface area contributed by atoms with Crippen molar-refractivity contribution in [2.75, 3.05) is 18.5 Å². The lowest BCUT2D eigenvalue weighted by Crippen LogP contribution is -2.31. The Hall–Kier alpha value is -2.82. The molecule has 3 aromatic carbocycles. The summed E-state index contributed by atoms with van der Waals surface area (Å²) in [6.07, 6.45) is 1.05. The van der Waals surface area contributed by atoms with Crippen molar-refractivity contribution in [2.45, 2.75) is 52.1 Å². The summed E-state index contributed by atoms with van der Waals surface area (Å²) in [5.74, 6) is 2.08. The number of amides is 1. The summed E-state index contributed by atoms with van der Waals surface area (Å²) in [4.78, 5) is 12.3. The lowest BCUT2D eigenvalue weighted by atomic mass is 9.76. The van der Waals surface area contributed by atoms with Gasteiger partial charge in [-0.2, -0.15) is 0 Å². The molecule has 36 heavy (non-hydrogen) atoms. The van der Waals surface area contributed by atoms with E-state index in [1.807, 2.05) is 66.7 Å². The van der Waals surface area contributed by atoms with Crippen LogP contribution in [0.1, 0.15) is 68.7 Å². The van der Waals surface area contributed by atoms with Crippen LogP contribution in [0.3, 0.4) is 0 Å². The number of halogens is 1. The van der Waals surface area contributed by atoms with Gasteiger partial charge in [-0.15, -0.1) is 0 Å². The van der Waals surface area contributed by atoms with Gasteiger partial charge in [-0.25, -0.2) is 0 Å². The zero-order valence-corrected chi connectivity index (χ0v) is 22.3. The van der Waals surface area contributed by atoms with Crippen LogP contribution in [0.4, 0.5) is 5.69 Å². The smallest absolute Gasteiger partial charge is 0.262 e. The molecule has 1 fully saturated rings. The number of benzene rings is 3. The van der Waals surface area contributed by atoms with Crippen LogP contribution in [-0.4, -0.2) is 19.1 Å². The van der Waals surface area contributed by atoms with Crippen molar-refractivity contribution < 1.29 is 14.3 Å². The summed E-state index contributed by atoms with van der Waals surface area (Å²) in [5, 5.41) is 3.70. The molecule has 0 aliphatic carbocycles. The molecule has 1 amide bonds. The van der Waals surface area contributed by atoms with Gasteiger partial charge in [0.25, 0.3) is 5.91 Å². The van der Waals surface area contributed by atoms with E-state index in [9.17, 15) is 4.79 Å². The molecular formula is C31H36ClNO3. The Balaban J connectivity index is 1.34. The first-order valence-electron chi connectivity index (χ1n) is 12.8. The van der Waals surface area contributed by atoms with Crippen molar-refractivity contribution in [3.05, 3.63) is 94.5 Å². The quantitative estimate of drug-likeness (QED) is 0.337. The summed E-state index contributed by atoms with van der Waals surface area (Å²) in [5.41, 5.74) is 4.31. The fraction of sp³-hybridized carbons (Fsp3) is 0.387. The molecule has 1 heterocycles. The monoisotopic (exact) mass is 505 g/mol. The van der Waals surface area contributed by atoms with Crippen LogP contribution in [0.25, 0.3) is 0 Å². The molecule has 1 aliphatic heterocycles. The number of rotatable bonds is 8. The SMILES string of the molecule is CC(C)c1ccc(NC(=O)COc2ccc([C@@H]3OC[C@@H](c4ccccc4Cl)C[C@H]3C(C)C)cc2)cc1. The molecule has 3 aromatic rings. The fourth-order valence-electron chi connectivity index (χ4n) is 4.90. The van der Waals surface area contributed by atoms with Gasteiger partial charge in [0.1, 0.15) is 5.75 Å². The molecule has 4 nitrogen and oxygen atoms in total. The van der Waals surface area contributed by atoms with E-state index in [0.717, 1.165) is 22.7 Å². The Kier molecular flexibility index (Phi) is 8.71. The van der Waals surface area contributed by atoms with Gasteiger partial charge in [0, 0.05) is 16.6 Å². The molecule has 0 spiro atoms. The van der Waals surface area contributed by atoms with Crippen molar-refractivity contribution in [1.29, 1.82) is 0 Å². The highest BCUT2D eigenvalue weighted by Gasteiger charge is 2.35. The number of anilines is 1. The summed E-state index contributed by atoms with van der Waals surface area (Å²) < 4.78 is 12.2. The predicted octanol–water partition coefficient (Wildman–Crippen LogP) is 8.00. The molecule has 0 bridgehead atoms. The number of carbonyl (C=O) groups excluding carboxylic acids is 1. The van der Waals surface area contributed by atoms with Gasteiger partial charge in [-0.05, 0) is 71.2 Å². The van der Waals surface area contributed by atoms with E-state index in [2.05, 4.69) is 39.1 Å². The Bertz CT molecular complexity index is 1140. The van der Waals surface area contributed by atoms with E-state index >= 15 is 0 Å². The highest BCUT2D eigenvalue weighted by atomic mass is 35.5. The molecular weight excluding hydrogens is 470 g/mol. The van der Waals surface area contributed by atoms with Crippen LogP contribution in [0.15, 0.2) is 72.8 Å². The second-order valence-electron chi connectivity index (χ2n) is 10.3. The zero-order chi connectivity index (χ0) is 25.7. The minimum atomic E-state index is -0.183. The summed E-state index contributed by atoms with van der Waals surface area (Å²) in [6, 6.07) is 23.9. The lowest BCUT2D eigenvalue weighted by Gasteiger charge is -2.39. The second kappa shape index (κ2) is 11.9. The molecule has 5 heteroatoms. The normalized spacial score (nSPS) is 19.9. The van der Waals surface area contributed by atoms with E-state index in [0.29, 0.717) is 36.0 Å². The van der Waals surface area contributed by atoms with Crippen LogP contribution < -0.4 is 10.1 Å². The molecule has 1 N–H and O–H groups in total. The molecule has 0 saturated carbocycles. The first-order chi connectivity index (χ1) is 17.3. The van der Waals surface area contributed by atoms with Crippen molar-refractivity contribution in [3.63, 3.8) is 0 Å². The topological polar surface area (TPSA) is 47.6 Å². The fourth-order valence-corrected chi connectivity index (χ4v) is 5.19. The summed E-state index contributed by atoms with van der Waals surface area (Å²) in [7, 11) is 0. The summed E-state index contributed by atoms with van der Waals surface area (Å²) >= 11 is 6.47. The van der Waals surface area contributed by atoms with Crippen molar-refractivity contribution in [2.24, 2.45) is 11.8 Å². The minimum Gasteiger partial charge on any atom is -0.484 e. The number of nitrogens with one attached hydrogen (secondary N) is 1. The minimum absolute atomic E-state index is 0.0231. The van der Waals surface area contributed by atoms with E-state index in [4.69, 9.17) is 21.1 Å². The third-order valence-electron chi connectivity index (χ3n) is 7.06. The van der Waals surface area contributed by atoms with Crippen LogP contribution in [0.5, 0.6) is 5.75 Å². The average Bonchev–Trinajstić information content (AvgIpc) is 2.88. The Morgan fingerprint density at radius 1 is 1.00 bits per heavy atom. The lowest BCUT2D eigenvalue weighted by molar-refractivity contribution is -0.118. The van der Waals surface area contributed by atoms with Crippen molar-refractivity contribution in [1.82, 2.24) is 0 Å². The van der Waals surface area contributed by atoms with Gasteiger partial charge in [0.05, 0.1) is 12.7 Å². The zero-order valence-electron chi connectivity index (χ0n) is 21.5. The predicted molar refractivity (Wildman–Crippen MR) is 147 cm³/mol. The molecule has 0 aromatic heterocycles. The van der Waals surface area contributed by atoms with Gasteiger partial charge in [-0.3, -0.25) is 4.79 Å². The first-order valence-corrected chi connectivity index (χ1v) is 13.2. The molecule has 1 aliphatic rings.